The number of carbonyl (C=O) groups is 1. The fourth-order valence-electron chi connectivity index (χ4n) is 1.91. The van der Waals surface area contributed by atoms with Crippen molar-refractivity contribution < 1.29 is 4.79 Å². The minimum Gasteiger partial charge on any atom is -0.354 e. The van der Waals surface area contributed by atoms with Crippen LogP contribution in [0.3, 0.4) is 0 Å². The van der Waals surface area contributed by atoms with Gasteiger partial charge in [0, 0.05) is 12.1 Å². The van der Waals surface area contributed by atoms with Gasteiger partial charge in [0.25, 0.3) is 0 Å². The number of anilines is 3. The first-order chi connectivity index (χ1) is 10.0. The first-order valence-electron chi connectivity index (χ1n) is 7.12. The number of carbonyl (C=O) groups excluding carboxylic acids is 1. The summed E-state index contributed by atoms with van der Waals surface area (Å²) in [5.74, 6) is 0.916. The van der Waals surface area contributed by atoms with Crippen LogP contribution >= 0.6 is 0 Å². The second kappa shape index (κ2) is 6.88. The third-order valence-electron chi connectivity index (χ3n) is 2.96. The molecule has 0 aliphatic rings. The molecule has 110 valence electrons. The van der Waals surface area contributed by atoms with Crippen LogP contribution in [0.4, 0.5) is 17.2 Å². The highest BCUT2D eigenvalue weighted by molar-refractivity contribution is 5.89. The lowest BCUT2D eigenvalue weighted by Gasteiger charge is -2.09. The summed E-state index contributed by atoms with van der Waals surface area (Å²) in [6.45, 7) is 6.09. The average Bonchev–Trinajstić information content (AvgIpc) is 2.42. The highest BCUT2D eigenvalue weighted by atomic mass is 16.1. The van der Waals surface area contributed by atoms with Crippen LogP contribution in [0, 0.1) is 12.8 Å². The third kappa shape index (κ3) is 4.91. The Balaban J connectivity index is 1.95. The Bertz CT molecular complexity index is 588. The second-order valence-corrected chi connectivity index (χ2v) is 5.57. The van der Waals surface area contributed by atoms with Crippen molar-refractivity contribution in [1.82, 2.24) is 4.98 Å². The zero-order chi connectivity index (χ0) is 15.2. The summed E-state index contributed by atoms with van der Waals surface area (Å²) in [6.07, 6.45) is 2.22. The lowest BCUT2D eigenvalue weighted by Crippen LogP contribution is -2.14. The predicted molar refractivity (Wildman–Crippen MR) is 86.8 cm³/mol. The highest BCUT2D eigenvalue weighted by Crippen LogP contribution is 2.17. The van der Waals surface area contributed by atoms with E-state index in [1.165, 1.54) is 5.56 Å². The van der Waals surface area contributed by atoms with E-state index in [1.54, 1.807) is 12.3 Å². The van der Waals surface area contributed by atoms with Crippen molar-refractivity contribution >= 4 is 23.1 Å². The molecule has 2 rings (SSSR count). The first kappa shape index (κ1) is 15.0. The van der Waals surface area contributed by atoms with Crippen LogP contribution in [0.25, 0.3) is 0 Å². The number of amides is 1. The van der Waals surface area contributed by atoms with Gasteiger partial charge >= 0.3 is 0 Å². The van der Waals surface area contributed by atoms with Gasteiger partial charge in [-0.15, -0.1) is 0 Å². The zero-order valence-electron chi connectivity index (χ0n) is 12.7. The molecule has 2 aromatic rings. The number of aromatic nitrogens is 1. The molecule has 0 bridgehead atoms. The summed E-state index contributed by atoms with van der Waals surface area (Å²) in [5, 5.41) is 6.06. The van der Waals surface area contributed by atoms with Gasteiger partial charge in [-0.2, -0.15) is 0 Å². The summed E-state index contributed by atoms with van der Waals surface area (Å²) < 4.78 is 0. The second-order valence-electron chi connectivity index (χ2n) is 5.57. The Kier molecular flexibility index (Phi) is 4.93. The van der Waals surface area contributed by atoms with Crippen LogP contribution in [0.2, 0.25) is 0 Å². The molecule has 0 radical (unpaired) electrons. The van der Waals surface area contributed by atoms with Crippen LogP contribution in [0.15, 0.2) is 42.6 Å². The molecule has 1 amide bonds. The number of aryl methyl sites for hydroxylation is 1. The van der Waals surface area contributed by atoms with Crippen LogP contribution in [-0.4, -0.2) is 10.9 Å². The van der Waals surface area contributed by atoms with Crippen LogP contribution in [0.5, 0.6) is 0 Å². The normalized spacial score (nSPS) is 10.5. The van der Waals surface area contributed by atoms with E-state index < -0.39 is 0 Å². The maximum Gasteiger partial charge on any atom is 0.225 e. The summed E-state index contributed by atoms with van der Waals surface area (Å²) in [6, 6.07) is 11.8. The number of nitrogens with zero attached hydrogens (tertiary/aromatic N) is 1. The molecule has 4 heteroatoms. The molecule has 0 spiro atoms. The van der Waals surface area contributed by atoms with Crippen LogP contribution < -0.4 is 10.6 Å². The van der Waals surface area contributed by atoms with Gasteiger partial charge < -0.3 is 10.6 Å². The fourth-order valence-corrected chi connectivity index (χ4v) is 1.91. The topological polar surface area (TPSA) is 54.0 Å². The van der Waals surface area contributed by atoms with Gasteiger partial charge in [0.05, 0.1) is 11.9 Å². The number of hydrogen-bond donors (Lipinski definition) is 2. The Morgan fingerprint density at radius 3 is 2.33 bits per heavy atom. The molecule has 0 saturated heterocycles. The van der Waals surface area contributed by atoms with Crippen LogP contribution in [-0.2, 0) is 4.79 Å². The average molecular weight is 283 g/mol. The molecule has 0 saturated carbocycles. The maximum atomic E-state index is 11.7. The van der Waals surface area contributed by atoms with Crippen molar-refractivity contribution in [2.24, 2.45) is 5.92 Å². The Hall–Kier alpha value is -2.36. The van der Waals surface area contributed by atoms with E-state index in [2.05, 4.69) is 34.7 Å². The molecule has 0 aliphatic carbocycles. The predicted octanol–water partition coefficient (Wildman–Crippen LogP) is 4.12. The highest BCUT2D eigenvalue weighted by Gasteiger charge is 2.05. The first-order valence-corrected chi connectivity index (χ1v) is 7.12. The maximum absolute atomic E-state index is 11.7. The number of nitrogens with one attached hydrogen (secondary N) is 2. The van der Waals surface area contributed by atoms with E-state index in [-0.39, 0.29) is 5.91 Å². The van der Waals surface area contributed by atoms with Gasteiger partial charge in [-0.25, -0.2) is 4.98 Å². The molecule has 1 aromatic heterocycles. The number of benzene rings is 1. The van der Waals surface area contributed by atoms with Gasteiger partial charge in [0.2, 0.25) is 5.91 Å². The van der Waals surface area contributed by atoms with Gasteiger partial charge in [-0.05, 0) is 37.1 Å². The minimum absolute atomic E-state index is 0.00302. The smallest absolute Gasteiger partial charge is 0.225 e. The van der Waals surface area contributed by atoms with Crippen LogP contribution in [0.1, 0.15) is 25.8 Å². The SMILES string of the molecule is Cc1ccc(Nc2ccc(NC(=O)CC(C)C)nc2)cc1. The quantitative estimate of drug-likeness (QED) is 0.868. The van der Waals surface area contributed by atoms with E-state index in [1.807, 2.05) is 32.0 Å². The van der Waals surface area contributed by atoms with E-state index >= 15 is 0 Å². The molecule has 4 nitrogen and oxygen atoms in total. The monoisotopic (exact) mass is 283 g/mol. The number of pyridine rings is 1. The Labute approximate surface area is 125 Å². The van der Waals surface area contributed by atoms with Crippen molar-refractivity contribution in [3.05, 3.63) is 48.2 Å². The minimum atomic E-state index is -0.00302. The van der Waals surface area contributed by atoms with E-state index in [9.17, 15) is 4.79 Å². The van der Waals surface area contributed by atoms with Crippen molar-refractivity contribution in [3.8, 4) is 0 Å². The van der Waals surface area contributed by atoms with Crippen molar-refractivity contribution in [2.75, 3.05) is 10.6 Å². The third-order valence-corrected chi connectivity index (χ3v) is 2.96. The van der Waals surface area contributed by atoms with E-state index in [0.717, 1.165) is 11.4 Å². The van der Waals surface area contributed by atoms with Gasteiger partial charge in [-0.1, -0.05) is 31.5 Å². The lowest BCUT2D eigenvalue weighted by atomic mass is 10.1. The Morgan fingerprint density at radius 1 is 1.10 bits per heavy atom. The molecular formula is C17H21N3O. The molecule has 0 aliphatic heterocycles. The standard InChI is InChI=1S/C17H21N3O/c1-12(2)10-17(21)20-16-9-8-15(11-18-16)19-14-6-4-13(3)5-7-14/h4-9,11-12,19H,10H2,1-3H3,(H,18,20,21). The van der Waals surface area contributed by atoms with Crippen molar-refractivity contribution in [2.45, 2.75) is 27.2 Å². The zero-order valence-corrected chi connectivity index (χ0v) is 12.7. The van der Waals surface area contributed by atoms with E-state index in [0.29, 0.717) is 18.2 Å². The fraction of sp³-hybridized carbons (Fsp3) is 0.294. The molecule has 21 heavy (non-hydrogen) atoms. The molecule has 0 unspecified atom stereocenters. The number of hydrogen-bond acceptors (Lipinski definition) is 3. The molecule has 1 aromatic carbocycles. The summed E-state index contributed by atoms with van der Waals surface area (Å²) >= 11 is 0. The summed E-state index contributed by atoms with van der Waals surface area (Å²) in [7, 11) is 0. The molecule has 0 fully saturated rings. The summed E-state index contributed by atoms with van der Waals surface area (Å²) in [5.41, 5.74) is 3.13. The summed E-state index contributed by atoms with van der Waals surface area (Å²) in [4.78, 5) is 15.9. The molecule has 2 N–H and O–H groups in total. The molecule has 1 heterocycles. The molecule has 0 atom stereocenters. The van der Waals surface area contributed by atoms with Gasteiger partial charge in [0.15, 0.2) is 0 Å². The van der Waals surface area contributed by atoms with Gasteiger partial charge in [-0.3, -0.25) is 4.79 Å². The molecular weight excluding hydrogens is 262 g/mol. The Morgan fingerprint density at radius 2 is 1.76 bits per heavy atom. The number of rotatable bonds is 5. The van der Waals surface area contributed by atoms with Crippen molar-refractivity contribution in [3.63, 3.8) is 0 Å². The van der Waals surface area contributed by atoms with Crippen molar-refractivity contribution in [1.29, 1.82) is 0 Å². The lowest BCUT2D eigenvalue weighted by molar-refractivity contribution is -0.116. The van der Waals surface area contributed by atoms with E-state index in [4.69, 9.17) is 0 Å². The van der Waals surface area contributed by atoms with Gasteiger partial charge in [0.1, 0.15) is 5.82 Å². The largest absolute Gasteiger partial charge is 0.354 e.